The molecule has 4 rings (SSSR count). The van der Waals surface area contributed by atoms with Gasteiger partial charge < -0.3 is 14.8 Å². The van der Waals surface area contributed by atoms with Gasteiger partial charge in [0.25, 0.3) is 5.91 Å². The van der Waals surface area contributed by atoms with Crippen LogP contribution in [0, 0.1) is 0 Å². The molecular formula is C23H24N4O3S. The van der Waals surface area contributed by atoms with Crippen LogP contribution in [0.5, 0.6) is 11.5 Å². The number of methoxy groups -OCH3 is 2. The minimum atomic E-state index is -0.178. The zero-order valence-corrected chi connectivity index (χ0v) is 18.7. The number of nitrogens with zero attached hydrogens (tertiary/aromatic N) is 3. The smallest absolute Gasteiger partial charge is 0.252 e. The third kappa shape index (κ3) is 4.11. The standard InChI is InChI=1S/C23H24N4O3S/c1-14(2)27-22-17(13-25-27)16(11-18(26-22)21-6-5-9-31-21)23(28)24-12-15-7-8-19(29-3)20(10-15)30-4/h5-11,13-14H,12H2,1-4H3,(H,24,28). The van der Waals surface area contributed by atoms with E-state index in [0.29, 0.717) is 29.3 Å². The summed E-state index contributed by atoms with van der Waals surface area (Å²) in [5.74, 6) is 1.09. The summed E-state index contributed by atoms with van der Waals surface area (Å²) in [6, 6.07) is 11.5. The molecule has 31 heavy (non-hydrogen) atoms. The van der Waals surface area contributed by atoms with Crippen LogP contribution in [0.2, 0.25) is 0 Å². The number of fused-ring (bicyclic) bond motifs is 1. The molecule has 0 saturated heterocycles. The van der Waals surface area contributed by atoms with E-state index in [4.69, 9.17) is 14.5 Å². The quantitative estimate of drug-likeness (QED) is 0.455. The minimum Gasteiger partial charge on any atom is -0.493 e. The Labute approximate surface area is 184 Å². The second kappa shape index (κ2) is 8.77. The molecule has 1 aromatic carbocycles. The topological polar surface area (TPSA) is 78.3 Å². The van der Waals surface area contributed by atoms with Crippen molar-refractivity contribution in [3.05, 3.63) is 59.1 Å². The molecule has 0 unspecified atom stereocenters. The van der Waals surface area contributed by atoms with Gasteiger partial charge in [0.15, 0.2) is 17.1 Å². The fourth-order valence-electron chi connectivity index (χ4n) is 3.40. The normalized spacial score (nSPS) is 11.1. The van der Waals surface area contributed by atoms with Gasteiger partial charge in [-0.3, -0.25) is 4.79 Å². The van der Waals surface area contributed by atoms with E-state index in [2.05, 4.69) is 10.4 Å². The largest absolute Gasteiger partial charge is 0.493 e. The number of nitrogens with one attached hydrogen (secondary N) is 1. The number of hydrogen-bond donors (Lipinski definition) is 1. The summed E-state index contributed by atoms with van der Waals surface area (Å²) >= 11 is 1.59. The van der Waals surface area contributed by atoms with Gasteiger partial charge in [-0.15, -0.1) is 11.3 Å². The maximum atomic E-state index is 13.2. The van der Waals surface area contributed by atoms with Crippen molar-refractivity contribution in [3.8, 4) is 22.1 Å². The van der Waals surface area contributed by atoms with Crippen LogP contribution >= 0.6 is 11.3 Å². The molecule has 3 aromatic heterocycles. The molecule has 0 aliphatic heterocycles. The summed E-state index contributed by atoms with van der Waals surface area (Å²) in [5.41, 5.74) is 2.94. The summed E-state index contributed by atoms with van der Waals surface area (Å²) in [6.45, 7) is 4.45. The lowest BCUT2D eigenvalue weighted by Crippen LogP contribution is -2.23. The van der Waals surface area contributed by atoms with E-state index in [9.17, 15) is 4.79 Å². The van der Waals surface area contributed by atoms with E-state index < -0.39 is 0 Å². The summed E-state index contributed by atoms with van der Waals surface area (Å²) in [5, 5.41) is 10.2. The van der Waals surface area contributed by atoms with Crippen LogP contribution < -0.4 is 14.8 Å². The van der Waals surface area contributed by atoms with Crippen LogP contribution in [-0.2, 0) is 6.54 Å². The number of hydrogen-bond acceptors (Lipinski definition) is 6. The molecule has 160 valence electrons. The average molecular weight is 437 g/mol. The molecule has 0 saturated carbocycles. The van der Waals surface area contributed by atoms with Crippen molar-refractivity contribution in [2.24, 2.45) is 0 Å². The molecule has 0 aliphatic rings. The zero-order valence-electron chi connectivity index (χ0n) is 17.9. The molecule has 0 spiro atoms. The van der Waals surface area contributed by atoms with Gasteiger partial charge in [0.05, 0.1) is 41.9 Å². The van der Waals surface area contributed by atoms with E-state index in [1.165, 1.54) is 0 Å². The van der Waals surface area contributed by atoms with Gasteiger partial charge in [0.1, 0.15) is 0 Å². The van der Waals surface area contributed by atoms with Crippen LogP contribution in [0.4, 0.5) is 0 Å². The van der Waals surface area contributed by atoms with Crippen molar-refractivity contribution in [1.29, 1.82) is 0 Å². The van der Waals surface area contributed by atoms with E-state index in [1.54, 1.807) is 31.8 Å². The molecule has 8 heteroatoms. The first-order valence-corrected chi connectivity index (χ1v) is 10.8. The third-order valence-electron chi connectivity index (χ3n) is 4.98. The van der Waals surface area contributed by atoms with Gasteiger partial charge in [-0.25, -0.2) is 9.67 Å². The van der Waals surface area contributed by atoms with Crippen LogP contribution in [0.15, 0.2) is 48.0 Å². The van der Waals surface area contributed by atoms with Crippen molar-refractivity contribution < 1.29 is 14.3 Å². The maximum absolute atomic E-state index is 13.2. The summed E-state index contributed by atoms with van der Waals surface area (Å²) in [7, 11) is 3.18. The average Bonchev–Trinajstić information content (AvgIpc) is 3.46. The highest BCUT2D eigenvalue weighted by Gasteiger charge is 2.19. The first-order chi connectivity index (χ1) is 15.0. The lowest BCUT2D eigenvalue weighted by atomic mass is 10.1. The molecule has 0 fully saturated rings. The van der Waals surface area contributed by atoms with Crippen molar-refractivity contribution in [2.75, 3.05) is 14.2 Å². The third-order valence-corrected chi connectivity index (χ3v) is 5.87. The summed E-state index contributed by atoms with van der Waals surface area (Å²) < 4.78 is 12.5. The number of carbonyl (C=O) groups is 1. The Balaban J connectivity index is 1.67. The predicted octanol–water partition coefficient (Wildman–Crippen LogP) is 4.69. The second-order valence-electron chi connectivity index (χ2n) is 7.32. The lowest BCUT2D eigenvalue weighted by molar-refractivity contribution is 0.0952. The van der Waals surface area contributed by atoms with Gasteiger partial charge in [-0.2, -0.15) is 5.10 Å². The van der Waals surface area contributed by atoms with Gasteiger partial charge in [-0.1, -0.05) is 12.1 Å². The van der Waals surface area contributed by atoms with Crippen molar-refractivity contribution >= 4 is 28.3 Å². The number of rotatable bonds is 7. The van der Waals surface area contributed by atoms with Gasteiger partial charge in [0.2, 0.25) is 0 Å². The maximum Gasteiger partial charge on any atom is 0.252 e. The lowest BCUT2D eigenvalue weighted by Gasteiger charge is -2.12. The second-order valence-corrected chi connectivity index (χ2v) is 8.27. The monoisotopic (exact) mass is 436 g/mol. The Morgan fingerprint density at radius 3 is 2.65 bits per heavy atom. The first-order valence-electron chi connectivity index (χ1n) is 9.93. The SMILES string of the molecule is COc1ccc(CNC(=O)c2cc(-c3cccs3)nc3c2cnn3C(C)C)cc1OC. The highest BCUT2D eigenvalue weighted by molar-refractivity contribution is 7.13. The molecule has 3 heterocycles. The van der Waals surface area contributed by atoms with Crippen LogP contribution in [0.1, 0.15) is 35.8 Å². The number of pyridine rings is 1. The number of amides is 1. The Hall–Kier alpha value is -3.39. The van der Waals surface area contributed by atoms with Gasteiger partial charge in [-0.05, 0) is 49.1 Å². The molecule has 1 amide bonds. The number of aromatic nitrogens is 3. The number of ether oxygens (including phenoxy) is 2. The molecular weight excluding hydrogens is 412 g/mol. The molecule has 0 aliphatic carbocycles. The van der Waals surface area contributed by atoms with E-state index in [1.807, 2.05) is 60.3 Å². The fraction of sp³-hybridized carbons (Fsp3) is 0.261. The Morgan fingerprint density at radius 1 is 1.16 bits per heavy atom. The molecule has 1 N–H and O–H groups in total. The summed E-state index contributed by atoms with van der Waals surface area (Å²) in [6.07, 6.45) is 1.71. The zero-order chi connectivity index (χ0) is 22.0. The van der Waals surface area contributed by atoms with E-state index in [-0.39, 0.29) is 11.9 Å². The van der Waals surface area contributed by atoms with E-state index >= 15 is 0 Å². The molecule has 0 radical (unpaired) electrons. The number of carbonyl (C=O) groups excluding carboxylic acids is 1. The van der Waals surface area contributed by atoms with Crippen LogP contribution in [0.25, 0.3) is 21.6 Å². The van der Waals surface area contributed by atoms with E-state index in [0.717, 1.165) is 21.5 Å². The van der Waals surface area contributed by atoms with Crippen molar-refractivity contribution in [2.45, 2.75) is 26.4 Å². The first kappa shape index (κ1) is 20.9. The molecule has 4 aromatic rings. The summed E-state index contributed by atoms with van der Waals surface area (Å²) in [4.78, 5) is 19.0. The minimum absolute atomic E-state index is 0.131. The Morgan fingerprint density at radius 2 is 1.97 bits per heavy atom. The fourth-order valence-corrected chi connectivity index (χ4v) is 4.09. The molecule has 7 nitrogen and oxygen atoms in total. The molecule has 0 bridgehead atoms. The highest BCUT2D eigenvalue weighted by Crippen LogP contribution is 2.30. The van der Waals surface area contributed by atoms with Crippen LogP contribution in [0.3, 0.4) is 0 Å². The van der Waals surface area contributed by atoms with Gasteiger partial charge >= 0.3 is 0 Å². The van der Waals surface area contributed by atoms with Gasteiger partial charge in [0, 0.05) is 12.6 Å². The Bertz CT molecular complexity index is 1220. The van der Waals surface area contributed by atoms with Crippen molar-refractivity contribution in [1.82, 2.24) is 20.1 Å². The number of thiophene rings is 1. The molecule has 0 atom stereocenters. The van der Waals surface area contributed by atoms with Crippen molar-refractivity contribution in [3.63, 3.8) is 0 Å². The Kier molecular flexibility index (Phi) is 5.90. The number of benzene rings is 1. The highest BCUT2D eigenvalue weighted by atomic mass is 32.1. The van der Waals surface area contributed by atoms with Crippen LogP contribution in [-0.4, -0.2) is 34.9 Å². The predicted molar refractivity (Wildman–Crippen MR) is 122 cm³/mol.